The standard InChI is InChI=1S/2C12H18N2O2.H2S/c2*1-9-4-6-10(7-5-9)16-8-11(13)12(15)14(2)3;/h2*4-7,11H,8,13H2,1-3H3;1H2/t2*11-;/m10./s1. The summed E-state index contributed by atoms with van der Waals surface area (Å²) in [5.74, 6) is 1.19. The van der Waals surface area contributed by atoms with Gasteiger partial charge >= 0.3 is 0 Å². The summed E-state index contributed by atoms with van der Waals surface area (Å²) in [6, 6.07) is 14.0. The number of hydrogen-bond donors (Lipinski definition) is 2. The maximum absolute atomic E-state index is 11.4. The first-order chi connectivity index (χ1) is 15.0. The number of nitrogens with zero attached hydrogens (tertiary/aromatic N) is 2. The first kappa shape index (κ1) is 30.2. The van der Waals surface area contributed by atoms with Crippen molar-refractivity contribution in [1.29, 1.82) is 0 Å². The molecule has 2 aromatic rings. The molecule has 2 amide bonds. The van der Waals surface area contributed by atoms with Gasteiger partial charge in [0.1, 0.15) is 36.8 Å². The van der Waals surface area contributed by atoms with Gasteiger partial charge in [-0.1, -0.05) is 35.4 Å². The molecule has 0 unspecified atom stereocenters. The molecule has 0 radical (unpaired) electrons. The molecule has 0 spiro atoms. The van der Waals surface area contributed by atoms with E-state index in [2.05, 4.69) is 0 Å². The fourth-order valence-electron chi connectivity index (χ4n) is 2.45. The van der Waals surface area contributed by atoms with Gasteiger partial charge in [-0.3, -0.25) is 9.59 Å². The summed E-state index contributed by atoms with van der Waals surface area (Å²) in [4.78, 5) is 25.8. The average Bonchev–Trinajstić information content (AvgIpc) is 2.77. The van der Waals surface area contributed by atoms with Crippen LogP contribution in [-0.2, 0) is 9.59 Å². The van der Waals surface area contributed by atoms with Crippen molar-refractivity contribution < 1.29 is 19.1 Å². The third kappa shape index (κ3) is 11.6. The Labute approximate surface area is 204 Å². The predicted molar refractivity (Wildman–Crippen MR) is 137 cm³/mol. The van der Waals surface area contributed by atoms with Gasteiger partial charge in [-0.15, -0.1) is 0 Å². The summed E-state index contributed by atoms with van der Waals surface area (Å²) < 4.78 is 10.8. The number of benzene rings is 2. The second kappa shape index (κ2) is 15.2. The van der Waals surface area contributed by atoms with Crippen LogP contribution in [0.15, 0.2) is 48.5 Å². The van der Waals surface area contributed by atoms with Gasteiger partial charge in [0.05, 0.1) is 0 Å². The minimum Gasteiger partial charge on any atom is -0.491 e. The molecule has 0 bridgehead atoms. The highest BCUT2D eigenvalue weighted by atomic mass is 32.1. The number of ether oxygens (including phenoxy) is 2. The molecule has 2 atom stereocenters. The van der Waals surface area contributed by atoms with E-state index in [1.807, 2.05) is 62.4 Å². The Bertz CT molecular complexity index is 771. The molecule has 9 heteroatoms. The topological polar surface area (TPSA) is 111 Å². The van der Waals surface area contributed by atoms with Gasteiger partial charge in [-0.05, 0) is 38.1 Å². The third-order valence-corrected chi connectivity index (χ3v) is 4.42. The molecule has 4 N–H and O–H groups in total. The first-order valence-corrected chi connectivity index (χ1v) is 10.3. The molecular weight excluding hydrogens is 440 g/mol. The van der Waals surface area contributed by atoms with Gasteiger partial charge in [0, 0.05) is 28.2 Å². The Morgan fingerprint density at radius 2 is 0.970 bits per heavy atom. The lowest BCUT2D eigenvalue weighted by Gasteiger charge is -2.17. The average molecular weight is 479 g/mol. The molecular formula is C24H38N4O4S. The molecule has 0 heterocycles. The lowest BCUT2D eigenvalue weighted by atomic mass is 10.2. The van der Waals surface area contributed by atoms with E-state index in [4.69, 9.17) is 20.9 Å². The molecule has 0 aromatic heterocycles. The molecule has 0 saturated heterocycles. The Hall–Kier alpha value is -2.75. The molecule has 2 rings (SSSR count). The number of carbonyl (C=O) groups excluding carboxylic acids is 2. The number of nitrogens with two attached hydrogens (primary N) is 2. The Morgan fingerprint density at radius 3 is 1.21 bits per heavy atom. The van der Waals surface area contributed by atoms with Crippen molar-refractivity contribution >= 4 is 25.3 Å². The number of hydrogen-bond acceptors (Lipinski definition) is 6. The summed E-state index contributed by atoms with van der Waals surface area (Å²) >= 11 is 0. The van der Waals surface area contributed by atoms with E-state index in [0.29, 0.717) is 0 Å². The van der Waals surface area contributed by atoms with Crippen molar-refractivity contribution in [3.63, 3.8) is 0 Å². The third-order valence-electron chi connectivity index (χ3n) is 4.42. The van der Waals surface area contributed by atoms with Crippen LogP contribution < -0.4 is 20.9 Å². The molecule has 0 aliphatic rings. The predicted octanol–water partition coefficient (Wildman–Crippen LogP) is 1.69. The summed E-state index contributed by atoms with van der Waals surface area (Å²) in [7, 11) is 6.70. The van der Waals surface area contributed by atoms with Crippen LogP contribution >= 0.6 is 13.5 Å². The van der Waals surface area contributed by atoms with Crippen LogP contribution in [-0.4, -0.2) is 75.1 Å². The van der Waals surface area contributed by atoms with Crippen molar-refractivity contribution in [2.75, 3.05) is 41.4 Å². The second-order valence-corrected chi connectivity index (χ2v) is 7.93. The lowest BCUT2D eigenvalue weighted by molar-refractivity contribution is -0.131. The maximum atomic E-state index is 11.4. The largest absolute Gasteiger partial charge is 0.491 e. The fraction of sp³-hybridized carbons (Fsp3) is 0.417. The van der Waals surface area contributed by atoms with Gasteiger partial charge in [-0.25, -0.2) is 0 Å². The number of carbonyl (C=O) groups is 2. The number of amides is 2. The Kier molecular flexibility index (Phi) is 13.9. The monoisotopic (exact) mass is 478 g/mol. The van der Waals surface area contributed by atoms with Gasteiger partial charge < -0.3 is 30.7 Å². The summed E-state index contributed by atoms with van der Waals surface area (Å²) in [5, 5.41) is 0. The van der Waals surface area contributed by atoms with E-state index in [9.17, 15) is 9.59 Å². The van der Waals surface area contributed by atoms with Crippen LogP contribution in [0.3, 0.4) is 0 Å². The van der Waals surface area contributed by atoms with Crippen molar-refractivity contribution in [1.82, 2.24) is 9.80 Å². The molecule has 33 heavy (non-hydrogen) atoms. The Morgan fingerprint density at radius 1 is 0.697 bits per heavy atom. The van der Waals surface area contributed by atoms with E-state index in [1.165, 1.54) is 20.9 Å². The van der Waals surface area contributed by atoms with E-state index in [-0.39, 0.29) is 38.5 Å². The van der Waals surface area contributed by atoms with Crippen LogP contribution in [0.4, 0.5) is 0 Å². The van der Waals surface area contributed by atoms with Crippen LogP contribution in [0.1, 0.15) is 11.1 Å². The normalized spacial score (nSPS) is 11.6. The van der Waals surface area contributed by atoms with Crippen molar-refractivity contribution in [2.24, 2.45) is 11.5 Å². The summed E-state index contributed by atoms with van der Waals surface area (Å²) in [6.45, 7) is 4.40. The SMILES string of the molecule is Cc1ccc(OC[C@@H](N)C(=O)N(C)C)cc1.Cc1ccc(OC[C@H](N)C(=O)N(C)C)cc1.S. The number of likely N-dealkylation sites (N-methyl/N-ethyl adjacent to an activating group) is 2. The zero-order valence-electron chi connectivity index (χ0n) is 20.4. The van der Waals surface area contributed by atoms with Crippen molar-refractivity contribution in [2.45, 2.75) is 25.9 Å². The van der Waals surface area contributed by atoms with E-state index < -0.39 is 12.1 Å². The van der Waals surface area contributed by atoms with Crippen LogP contribution in [0.2, 0.25) is 0 Å². The molecule has 184 valence electrons. The maximum Gasteiger partial charge on any atom is 0.242 e. The minimum absolute atomic E-state index is 0. The highest BCUT2D eigenvalue weighted by Crippen LogP contribution is 2.12. The quantitative estimate of drug-likeness (QED) is 0.597. The van der Waals surface area contributed by atoms with Gasteiger partial charge in [0.2, 0.25) is 11.8 Å². The zero-order chi connectivity index (χ0) is 24.3. The minimum atomic E-state index is -0.615. The fourth-order valence-corrected chi connectivity index (χ4v) is 2.45. The van der Waals surface area contributed by atoms with Gasteiger partial charge in [0.15, 0.2) is 0 Å². The van der Waals surface area contributed by atoms with E-state index >= 15 is 0 Å². The zero-order valence-corrected chi connectivity index (χ0v) is 21.4. The lowest BCUT2D eigenvalue weighted by Crippen LogP contribution is -2.43. The van der Waals surface area contributed by atoms with E-state index in [0.717, 1.165) is 11.5 Å². The summed E-state index contributed by atoms with van der Waals surface area (Å²) in [5.41, 5.74) is 13.7. The number of aryl methyl sites for hydroxylation is 2. The molecule has 0 aliphatic heterocycles. The van der Waals surface area contributed by atoms with E-state index in [1.54, 1.807) is 28.2 Å². The first-order valence-electron chi connectivity index (χ1n) is 10.3. The van der Waals surface area contributed by atoms with Gasteiger partial charge in [0.25, 0.3) is 0 Å². The smallest absolute Gasteiger partial charge is 0.242 e. The molecule has 0 fully saturated rings. The highest BCUT2D eigenvalue weighted by Gasteiger charge is 2.16. The highest BCUT2D eigenvalue weighted by molar-refractivity contribution is 7.59. The van der Waals surface area contributed by atoms with Crippen molar-refractivity contribution in [3.05, 3.63) is 59.7 Å². The second-order valence-electron chi connectivity index (χ2n) is 7.93. The molecule has 8 nitrogen and oxygen atoms in total. The molecule has 0 aliphatic carbocycles. The number of rotatable bonds is 8. The molecule has 2 aromatic carbocycles. The van der Waals surface area contributed by atoms with Crippen LogP contribution in [0, 0.1) is 13.8 Å². The van der Waals surface area contributed by atoms with Crippen LogP contribution in [0.25, 0.3) is 0 Å². The summed E-state index contributed by atoms with van der Waals surface area (Å²) in [6.07, 6.45) is 0. The van der Waals surface area contributed by atoms with Crippen molar-refractivity contribution in [3.8, 4) is 11.5 Å². The Balaban J connectivity index is 0.000000602. The van der Waals surface area contributed by atoms with Crippen LogP contribution in [0.5, 0.6) is 11.5 Å². The van der Waals surface area contributed by atoms with Gasteiger partial charge in [-0.2, -0.15) is 13.5 Å². The molecule has 0 saturated carbocycles.